The molecule has 0 amide bonds. The second-order valence-corrected chi connectivity index (χ2v) is 6.54. The Bertz CT molecular complexity index is 530. The number of ether oxygens (including phenoxy) is 1. The Morgan fingerprint density at radius 2 is 1.95 bits per heavy atom. The number of ketones is 1. The molecule has 1 rings (SSSR count). The van der Waals surface area contributed by atoms with Gasteiger partial charge in [-0.3, -0.25) is 9.59 Å². The monoisotopic (exact) mass is 385 g/mol. The Labute approximate surface area is 144 Å². The van der Waals surface area contributed by atoms with Gasteiger partial charge in [0.2, 0.25) is 5.78 Å². The van der Waals surface area contributed by atoms with Crippen molar-refractivity contribution in [2.45, 2.75) is 6.92 Å². The lowest BCUT2D eigenvalue weighted by Crippen LogP contribution is -2.19. The number of esters is 1. The van der Waals surface area contributed by atoms with Gasteiger partial charge in [-0.25, -0.2) is 24.9 Å². The number of carbonyl (C=O) groups excluding carboxylic acids is 3. The van der Waals surface area contributed by atoms with E-state index >= 15 is 0 Å². The molecule has 113 valence electrons. The molecule has 0 fully saturated rings. The maximum absolute atomic E-state index is 11.9. The number of carbonyl (C=O) groups is 3. The Kier molecular flexibility index (Phi) is 10.8. The van der Waals surface area contributed by atoms with E-state index in [9.17, 15) is 19.5 Å². The number of Topliss-reactive ketones (excluding diaryl/α,β-unsaturated/α-hetero) is 1. The van der Waals surface area contributed by atoms with Crippen molar-refractivity contribution in [1.82, 2.24) is 0 Å². The summed E-state index contributed by atoms with van der Waals surface area (Å²) in [6.45, 7) is 1.54. The van der Waals surface area contributed by atoms with Crippen molar-refractivity contribution in [1.29, 1.82) is 0 Å². The van der Waals surface area contributed by atoms with Gasteiger partial charge in [-0.05, 0) is 30.0 Å². The molecule has 1 aromatic heterocycles. The van der Waals surface area contributed by atoms with Gasteiger partial charge in [-0.15, -0.1) is 11.3 Å². The number of aliphatic hydroxyl groups excluding tert-OH is 1. The van der Waals surface area contributed by atoms with E-state index in [1.165, 1.54) is 13.0 Å². The van der Waals surface area contributed by atoms with Crippen molar-refractivity contribution >= 4 is 73.4 Å². The van der Waals surface area contributed by atoms with Crippen LogP contribution in [0.2, 0.25) is 0 Å². The second kappa shape index (κ2) is 11.1. The number of hydrogen-bond donors (Lipinski definition) is 1. The fourth-order valence-corrected chi connectivity index (χ4v) is 1.89. The molecule has 1 radical (unpaired) electrons. The lowest BCUT2D eigenvalue weighted by molar-refractivity contribution is -0.138. The van der Waals surface area contributed by atoms with Crippen LogP contribution in [0.25, 0.3) is 0 Å². The summed E-state index contributed by atoms with van der Waals surface area (Å²) in [4.78, 5) is 34.6. The average Bonchev–Trinajstić information content (AvgIpc) is 2.93. The average molecular weight is 387 g/mol. The highest BCUT2D eigenvalue weighted by Gasteiger charge is 2.29. The lowest BCUT2D eigenvalue weighted by atomic mass is 10.1. The van der Waals surface area contributed by atoms with E-state index in [-0.39, 0.29) is 24.9 Å². The number of halogens is 3. The first-order valence-corrected chi connectivity index (χ1v) is 10.1. The van der Waals surface area contributed by atoms with Crippen LogP contribution in [0.4, 0.5) is 0 Å². The Hall–Kier alpha value is -0.548. The number of allylic oxidation sites excluding steroid dienone is 1. The van der Waals surface area contributed by atoms with Crippen LogP contribution in [0.15, 0.2) is 28.8 Å². The normalized spacial score (nSPS) is 10.7. The van der Waals surface area contributed by atoms with Gasteiger partial charge in [0.05, 0.1) is 11.5 Å². The van der Waals surface area contributed by atoms with Crippen LogP contribution < -0.4 is 0 Å². The quantitative estimate of drug-likeness (QED) is 0.123. The molecule has 0 atom stereocenters. The molecule has 21 heavy (non-hydrogen) atoms. The molecule has 0 aliphatic rings. The second-order valence-electron chi connectivity index (χ2n) is 3.11. The molecule has 5 nitrogen and oxygen atoms in total. The fraction of sp³-hybridized carbons (Fsp3) is 0.182. The zero-order chi connectivity index (χ0) is 16.4. The van der Waals surface area contributed by atoms with Gasteiger partial charge in [0.25, 0.3) is 5.24 Å². The van der Waals surface area contributed by atoms with Gasteiger partial charge in [0, 0.05) is 0 Å². The summed E-state index contributed by atoms with van der Waals surface area (Å²) in [5.41, 5.74) is -0.751. The van der Waals surface area contributed by atoms with Crippen LogP contribution in [0, 0.1) is 0 Å². The maximum atomic E-state index is 11.9. The van der Waals surface area contributed by atoms with Crippen LogP contribution in [-0.4, -0.2) is 42.1 Å². The minimum Gasteiger partial charge on any atom is -0.503 e. The smallest absolute Gasteiger partial charge is 0.495 e. The van der Waals surface area contributed by atoms with Crippen molar-refractivity contribution in [3.8, 4) is 0 Å². The summed E-state index contributed by atoms with van der Waals surface area (Å²) >= 11 is 5.83. The van der Waals surface area contributed by atoms with Crippen molar-refractivity contribution in [2.24, 2.45) is 0 Å². The van der Waals surface area contributed by atoms with Crippen LogP contribution in [0.3, 0.4) is 0 Å². The van der Waals surface area contributed by atoms with E-state index in [1.807, 2.05) is 0 Å². The standard InChI is InChI=1S/C11H9ClO5S.Al.2ClH/c1-2-17-11(16)7(9(14)10(12)15)8(13)6-4-3-5-18-6;;;/h3-5,14H,2H2,1H3;;2*1H/q;+2;;/p-2/b9-7+;;;. The van der Waals surface area contributed by atoms with Crippen molar-refractivity contribution < 1.29 is 24.2 Å². The Morgan fingerprint density at radius 1 is 1.38 bits per heavy atom. The zero-order valence-electron chi connectivity index (χ0n) is 10.6. The summed E-state index contributed by atoms with van der Waals surface area (Å²) in [5.74, 6) is -2.98. The molecular weight excluding hydrogens is 378 g/mol. The van der Waals surface area contributed by atoms with Gasteiger partial charge in [0.15, 0.2) is 11.3 Å². The Balaban J connectivity index is 0.00000122. The van der Waals surface area contributed by atoms with Gasteiger partial charge in [-0.2, -0.15) is 0 Å². The molecule has 0 aliphatic carbocycles. The maximum Gasteiger partial charge on any atom is 0.495 e. The van der Waals surface area contributed by atoms with E-state index in [4.69, 9.17) is 31.7 Å². The van der Waals surface area contributed by atoms with Gasteiger partial charge in [0.1, 0.15) is 0 Å². The third-order valence-electron chi connectivity index (χ3n) is 1.87. The fourth-order valence-electron chi connectivity index (χ4n) is 1.13. The molecule has 0 spiro atoms. The number of aliphatic hydroxyl groups is 1. The van der Waals surface area contributed by atoms with E-state index in [1.54, 1.807) is 11.4 Å². The SMILES string of the molecule is CCOC(=O)/C(C(=O)c1cccs1)=C(/O)C(=O)Cl.[Cl][Al][Cl]. The minimum atomic E-state index is -1.29. The number of rotatable bonds is 5. The number of hydrogen-bond acceptors (Lipinski definition) is 6. The van der Waals surface area contributed by atoms with E-state index < -0.39 is 28.3 Å². The van der Waals surface area contributed by atoms with E-state index in [2.05, 4.69) is 4.74 Å². The van der Waals surface area contributed by atoms with Crippen LogP contribution in [-0.2, 0) is 14.3 Å². The largest absolute Gasteiger partial charge is 0.503 e. The van der Waals surface area contributed by atoms with E-state index in [0.29, 0.717) is 0 Å². The predicted molar refractivity (Wildman–Crippen MR) is 83.3 cm³/mol. The topological polar surface area (TPSA) is 80.7 Å². The summed E-state index contributed by atoms with van der Waals surface area (Å²) < 4.78 is 4.61. The molecule has 0 bridgehead atoms. The minimum absolute atomic E-state index is 0.00378. The molecule has 0 aromatic carbocycles. The van der Waals surface area contributed by atoms with Crippen molar-refractivity contribution in [3.63, 3.8) is 0 Å². The molecule has 0 saturated carbocycles. The lowest BCUT2D eigenvalue weighted by Gasteiger charge is -2.06. The Morgan fingerprint density at radius 3 is 2.33 bits per heavy atom. The third kappa shape index (κ3) is 6.83. The van der Waals surface area contributed by atoms with Crippen LogP contribution in [0.5, 0.6) is 0 Å². The molecule has 1 N–H and O–H groups in total. The van der Waals surface area contributed by atoms with Gasteiger partial charge >= 0.3 is 19.3 Å². The van der Waals surface area contributed by atoms with Gasteiger partial charge < -0.3 is 9.84 Å². The summed E-state index contributed by atoms with van der Waals surface area (Å²) in [5, 5.41) is 9.77. The highest BCUT2D eigenvalue weighted by molar-refractivity contribution is 7.22. The van der Waals surface area contributed by atoms with Crippen molar-refractivity contribution in [3.05, 3.63) is 33.7 Å². The summed E-state index contributed by atoms with van der Waals surface area (Å²) in [6.07, 6.45) is 0. The highest BCUT2D eigenvalue weighted by atomic mass is 35.7. The highest BCUT2D eigenvalue weighted by Crippen LogP contribution is 2.18. The predicted octanol–water partition coefficient (Wildman–Crippen LogP) is 3.07. The molecule has 1 aromatic rings. The van der Waals surface area contributed by atoms with Crippen LogP contribution in [0.1, 0.15) is 16.6 Å². The molecule has 0 unspecified atom stereocenters. The molecule has 0 aliphatic heterocycles. The molecular formula is C11H9AlCl3O5S. The zero-order valence-corrected chi connectivity index (χ0v) is 14.9. The van der Waals surface area contributed by atoms with Gasteiger partial charge in [-0.1, -0.05) is 6.07 Å². The third-order valence-corrected chi connectivity index (χ3v) is 2.92. The first-order chi connectivity index (χ1) is 9.90. The molecule has 10 heteroatoms. The van der Waals surface area contributed by atoms with E-state index in [0.717, 1.165) is 11.3 Å². The first-order valence-electron chi connectivity index (χ1n) is 5.31. The first kappa shape index (κ1) is 20.5. The summed E-state index contributed by atoms with van der Waals surface area (Å²) in [6, 6.07) is 3.05. The number of thiophene rings is 1. The van der Waals surface area contributed by atoms with Crippen molar-refractivity contribution in [2.75, 3.05) is 6.61 Å². The summed E-state index contributed by atoms with van der Waals surface area (Å²) in [7, 11) is 9.69. The van der Waals surface area contributed by atoms with Crippen LogP contribution >= 0.6 is 43.0 Å². The molecule has 0 saturated heterocycles. The molecule has 1 heterocycles.